The summed E-state index contributed by atoms with van der Waals surface area (Å²) in [5.41, 5.74) is 3.23. The molecule has 0 saturated carbocycles. The van der Waals surface area contributed by atoms with Crippen LogP contribution in [0.15, 0.2) is 109 Å². The largest absolute Gasteiger partial charge is 0.497 e. The van der Waals surface area contributed by atoms with E-state index in [1.165, 1.54) is 0 Å². The molecule has 0 N–H and O–H groups in total. The fraction of sp³-hybridized carbons (Fsp3) is 0.133. The predicted octanol–water partition coefficient (Wildman–Crippen LogP) is 6.18. The number of amides is 1. The van der Waals surface area contributed by atoms with Crippen LogP contribution in [0.1, 0.15) is 33.1 Å². The monoisotopic (exact) mass is 462 g/mol. The third kappa shape index (κ3) is 6.07. The summed E-state index contributed by atoms with van der Waals surface area (Å²) < 4.78 is 11.1. The molecule has 0 spiro atoms. The highest BCUT2D eigenvalue weighted by Crippen LogP contribution is 2.27. The average Bonchev–Trinajstić information content (AvgIpc) is 2.93. The lowest BCUT2D eigenvalue weighted by atomic mass is 10.0. The highest BCUT2D eigenvalue weighted by Gasteiger charge is 2.26. The Balaban J connectivity index is 1.57. The molecule has 174 valence electrons. The van der Waals surface area contributed by atoms with E-state index in [1.807, 2.05) is 84.9 Å². The summed E-state index contributed by atoms with van der Waals surface area (Å²) >= 11 is 0. The van der Waals surface area contributed by atoms with E-state index in [1.54, 1.807) is 36.3 Å². The second kappa shape index (κ2) is 11.5. The van der Waals surface area contributed by atoms with Crippen LogP contribution in [0, 0.1) is 11.3 Å². The van der Waals surface area contributed by atoms with Gasteiger partial charge in [0.15, 0.2) is 0 Å². The first-order valence-electron chi connectivity index (χ1n) is 11.3. The van der Waals surface area contributed by atoms with Crippen molar-refractivity contribution in [2.45, 2.75) is 19.2 Å². The van der Waals surface area contributed by atoms with E-state index in [9.17, 15) is 10.1 Å². The Bertz CT molecular complexity index is 1270. The van der Waals surface area contributed by atoms with Crippen LogP contribution < -0.4 is 9.47 Å². The molecule has 4 aromatic rings. The van der Waals surface area contributed by atoms with Gasteiger partial charge >= 0.3 is 0 Å². The Morgan fingerprint density at radius 1 is 0.800 bits per heavy atom. The number of ether oxygens (including phenoxy) is 2. The zero-order chi connectivity index (χ0) is 24.5. The molecule has 0 radical (unpaired) electrons. The molecule has 4 aromatic carbocycles. The van der Waals surface area contributed by atoms with E-state index in [4.69, 9.17) is 9.47 Å². The lowest BCUT2D eigenvalue weighted by Crippen LogP contribution is -2.34. The number of nitriles is 1. The van der Waals surface area contributed by atoms with Gasteiger partial charge in [-0.25, -0.2) is 0 Å². The molecule has 1 amide bonds. The van der Waals surface area contributed by atoms with E-state index >= 15 is 0 Å². The highest BCUT2D eigenvalue weighted by atomic mass is 16.5. The summed E-state index contributed by atoms with van der Waals surface area (Å²) in [6.45, 7) is 0.758. The van der Waals surface area contributed by atoms with Gasteiger partial charge in [-0.15, -0.1) is 0 Å². The Morgan fingerprint density at radius 2 is 1.37 bits per heavy atom. The first-order chi connectivity index (χ1) is 17.2. The minimum Gasteiger partial charge on any atom is -0.497 e. The Hall–Kier alpha value is -4.56. The maximum Gasteiger partial charge on any atom is 0.255 e. The van der Waals surface area contributed by atoms with Crippen molar-refractivity contribution in [3.8, 4) is 17.6 Å². The first kappa shape index (κ1) is 23.6. The molecule has 5 nitrogen and oxygen atoms in total. The minimum atomic E-state index is -0.770. The standard InChI is InChI=1S/C30H26N2O3/c1-34-27-16-14-26(15-17-27)30(33)32(21-23-8-4-2-5-9-23)29(20-31)25-12-18-28(19-13-25)35-22-24-10-6-3-7-11-24/h2-19,29H,21-22H2,1H3/t29-/m1/s1. The topological polar surface area (TPSA) is 62.6 Å². The number of hydrogen-bond acceptors (Lipinski definition) is 4. The molecule has 0 aliphatic heterocycles. The summed E-state index contributed by atoms with van der Waals surface area (Å²) in [5.74, 6) is 1.14. The number of benzene rings is 4. The molecular formula is C30H26N2O3. The van der Waals surface area contributed by atoms with Gasteiger partial charge < -0.3 is 14.4 Å². The molecule has 0 saturated heterocycles. The second-order valence-electron chi connectivity index (χ2n) is 8.02. The van der Waals surface area contributed by atoms with E-state index in [0.29, 0.717) is 30.2 Å². The van der Waals surface area contributed by atoms with Gasteiger partial charge in [0.25, 0.3) is 5.91 Å². The molecular weight excluding hydrogens is 436 g/mol. The average molecular weight is 463 g/mol. The zero-order valence-electron chi connectivity index (χ0n) is 19.5. The minimum absolute atomic E-state index is 0.229. The van der Waals surface area contributed by atoms with Crippen molar-refractivity contribution in [1.29, 1.82) is 5.26 Å². The van der Waals surface area contributed by atoms with Crippen LogP contribution in [-0.4, -0.2) is 17.9 Å². The quantitative estimate of drug-likeness (QED) is 0.298. The molecule has 4 rings (SSSR count). The molecule has 0 heterocycles. The smallest absolute Gasteiger partial charge is 0.255 e. The number of methoxy groups -OCH3 is 1. The summed E-state index contributed by atoms with van der Waals surface area (Å²) in [6.07, 6.45) is 0. The van der Waals surface area contributed by atoms with Gasteiger partial charge in [-0.1, -0.05) is 72.8 Å². The zero-order valence-corrected chi connectivity index (χ0v) is 19.5. The van der Waals surface area contributed by atoms with Crippen LogP contribution in [-0.2, 0) is 13.2 Å². The van der Waals surface area contributed by atoms with E-state index in [2.05, 4.69) is 6.07 Å². The van der Waals surface area contributed by atoms with Crippen molar-refractivity contribution < 1.29 is 14.3 Å². The van der Waals surface area contributed by atoms with Crippen LogP contribution in [0.25, 0.3) is 0 Å². The molecule has 0 bridgehead atoms. The number of carbonyl (C=O) groups is 1. The maximum atomic E-state index is 13.6. The lowest BCUT2D eigenvalue weighted by molar-refractivity contribution is 0.0701. The Kier molecular flexibility index (Phi) is 7.77. The summed E-state index contributed by atoms with van der Waals surface area (Å²) in [6, 6.07) is 35.4. The van der Waals surface area contributed by atoms with Crippen molar-refractivity contribution in [1.82, 2.24) is 4.90 Å². The van der Waals surface area contributed by atoms with Crippen molar-refractivity contribution in [2.75, 3.05) is 7.11 Å². The number of rotatable bonds is 9. The molecule has 0 unspecified atom stereocenters. The number of nitrogens with zero attached hydrogens (tertiary/aromatic N) is 2. The van der Waals surface area contributed by atoms with Crippen LogP contribution in [0.4, 0.5) is 0 Å². The predicted molar refractivity (Wildman–Crippen MR) is 135 cm³/mol. The van der Waals surface area contributed by atoms with Gasteiger partial charge in [-0.3, -0.25) is 4.79 Å². The van der Waals surface area contributed by atoms with Gasteiger partial charge in [0.2, 0.25) is 0 Å². The second-order valence-corrected chi connectivity index (χ2v) is 8.02. The Morgan fingerprint density at radius 3 is 1.94 bits per heavy atom. The first-order valence-corrected chi connectivity index (χ1v) is 11.3. The van der Waals surface area contributed by atoms with Crippen molar-refractivity contribution in [3.05, 3.63) is 131 Å². The summed E-state index contributed by atoms with van der Waals surface area (Å²) in [5, 5.41) is 10.1. The fourth-order valence-corrected chi connectivity index (χ4v) is 3.77. The third-order valence-electron chi connectivity index (χ3n) is 5.67. The van der Waals surface area contributed by atoms with Gasteiger partial charge in [0.05, 0.1) is 13.2 Å². The molecule has 0 fully saturated rings. The number of hydrogen-bond donors (Lipinski definition) is 0. The third-order valence-corrected chi connectivity index (χ3v) is 5.67. The van der Waals surface area contributed by atoms with Gasteiger partial charge in [-0.2, -0.15) is 5.26 Å². The molecule has 0 aliphatic carbocycles. The molecule has 5 heteroatoms. The van der Waals surface area contributed by atoms with Crippen molar-refractivity contribution >= 4 is 5.91 Å². The summed E-state index contributed by atoms with van der Waals surface area (Å²) in [7, 11) is 1.58. The van der Waals surface area contributed by atoms with Crippen LogP contribution in [0.2, 0.25) is 0 Å². The Labute approximate surface area is 205 Å². The lowest BCUT2D eigenvalue weighted by Gasteiger charge is -2.28. The summed E-state index contributed by atoms with van der Waals surface area (Å²) in [4.78, 5) is 15.2. The van der Waals surface area contributed by atoms with E-state index in [-0.39, 0.29) is 5.91 Å². The normalized spacial score (nSPS) is 11.2. The SMILES string of the molecule is COc1ccc(C(=O)N(Cc2ccccc2)[C@H](C#N)c2ccc(OCc3ccccc3)cc2)cc1. The fourth-order valence-electron chi connectivity index (χ4n) is 3.77. The molecule has 35 heavy (non-hydrogen) atoms. The van der Waals surface area contributed by atoms with Crippen molar-refractivity contribution in [3.63, 3.8) is 0 Å². The van der Waals surface area contributed by atoms with E-state index in [0.717, 1.165) is 16.7 Å². The highest BCUT2D eigenvalue weighted by molar-refractivity contribution is 5.94. The van der Waals surface area contributed by atoms with Crippen LogP contribution >= 0.6 is 0 Å². The van der Waals surface area contributed by atoms with Crippen LogP contribution in [0.5, 0.6) is 11.5 Å². The number of carbonyl (C=O) groups excluding carboxylic acids is 1. The van der Waals surface area contributed by atoms with Gasteiger partial charge in [-0.05, 0) is 53.1 Å². The van der Waals surface area contributed by atoms with E-state index < -0.39 is 6.04 Å². The molecule has 0 aromatic heterocycles. The molecule has 1 atom stereocenters. The van der Waals surface area contributed by atoms with Gasteiger partial charge in [0, 0.05) is 12.1 Å². The van der Waals surface area contributed by atoms with Gasteiger partial charge in [0.1, 0.15) is 24.1 Å². The molecule has 0 aliphatic rings. The van der Waals surface area contributed by atoms with Crippen LogP contribution in [0.3, 0.4) is 0 Å². The maximum absolute atomic E-state index is 13.6. The van der Waals surface area contributed by atoms with Crippen molar-refractivity contribution in [2.24, 2.45) is 0 Å².